The van der Waals surface area contributed by atoms with Crippen molar-refractivity contribution in [1.29, 1.82) is 0 Å². The molecule has 0 aliphatic carbocycles. The van der Waals surface area contributed by atoms with E-state index in [1.807, 2.05) is 44.4 Å². The van der Waals surface area contributed by atoms with Crippen LogP contribution in [0.15, 0.2) is 29.2 Å². The van der Waals surface area contributed by atoms with E-state index in [1.165, 1.54) is 11.3 Å². The van der Waals surface area contributed by atoms with Gasteiger partial charge in [0.1, 0.15) is 17.6 Å². The number of aryl methyl sites for hydroxylation is 1. The van der Waals surface area contributed by atoms with Crippen molar-refractivity contribution < 1.29 is 28.9 Å². The van der Waals surface area contributed by atoms with Gasteiger partial charge in [0, 0.05) is 38.4 Å². The third-order valence-corrected chi connectivity index (χ3v) is 7.14. The zero-order valence-electron chi connectivity index (χ0n) is 22.4. The molecule has 38 heavy (non-hydrogen) atoms. The van der Waals surface area contributed by atoms with Crippen molar-refractivity contribution in [2.75, 3.05) is 60.4 Å². The molecule has 11 nitrogen and oxygen atoms in total. The molecule has 1 aliphatic rings. The molecule has 1 fully saturated rings. The Morgan fingerprint density at radius 3 is 2.42 bits per heavy atom. The van der Waals surface area contributed by atoms with E-state index in [4.69, 9.17) is 24.1 Å². The van der Waals surface area contributed by atoms with E-state index in [9.17, 15) is 9.59 Å². The number of morpholine rings is 1. The number of aromatic nitrogens is 1. The Hall–Kier alpha value is -3.45. The van der Waals surface area contributed by atoms with Crippen molar-refractivity contribution in [2.45, 2.75) is 12.6 Å². The van der Waals surface area contributed by atoms with Gasteiger partial charge in [-0.3, -0.25) is 14.4 Å². The highest BCUT2D eigenvalue weighted by Gasteiger charge is 2.26. The summed E-state index contributed by atoms with van der Waals surface area (Å²) in [5.41, 5.74) is 2.53. The van der Waals surface area contributed by atoms with Gasteiger partial charge in [-0.05, 0) is 44.9 Å². The van der Waals surface area contributed by atoms with Crippen LogP contribution in [0.3, 0.4) is 0 Å². The number of hydrogen-bond donors (Lipinski definition) is 2. The van der Waals surface area contributed by atoms with Crippen LogP contribution >= 0.6 is 11.3 Å². The van der Waals surface area contributed by atoms with E-state index in [-0.39, 0.29) is 17.9 Å². The lowest BCUT2D eigenvalue weighted by Crippen LogP contribution is -2.46. The first-order chi connectivity index (χ1) is 18.1. The van der Waals surface area contributed by atoms with Gasteiger partial charge in [-0.2, -0.15) is 0 Å². The highest BCUT2D eigenvalue weighted by molar-refractivity contribution is 7.23. The molecule has 0 bridgehead atoms. The fraction of sp³-hybridized carbons (Fsp3) is 0.423. The number of nitrogens with zero attached hydrogens (tertiary/aromatic N) is 3. The van der Waals surface area contributed by atoms with Crippen LogP contribution in [0.25, 0.3) is 21.2 Å². The summed E-state index contributed by atoms with van der Waals surface area (Å²) in [5, 5.41) is 11.0. The van der Waals surface area contributed by atoms with E-state index >= 15 is 0 Å². The molecule has 12 heteroatoms. The van der Waals surface area contributed by atoms with Gasteiger partial charge in [-0.25, -0.2) is 0 Å². The number of rotatable bonds is 7. The zero-order valence-corrected chi connectivity index (χ0v) is 23.3. The summed E-state index contributed by atoms with van der Waals surface area (Å²) >= 11 is 1.37. The van der Waals surface area contributed by atoms with Gasteiger partial charge >= 0.3 is 0 Å². The average Bonchev–Trinajstić information content (AvgIpc) is 3.30. The molecule has 1 amide bonds. The van der Waals surface area contributed by atoms with Crippen LogP contribution in [-0.4, -0.2) is 93.0 Å². The molecule has 0 spiro atoms. The number of carbonyl (C=O) groups is 2. The number of carbonyl (C=O) groups excluding carboxylic acids is 1. The summed E-state index contributed by atoms with van der Waals surface area (Å²) in [6, 6.07) is 5.67. The molecule has 0 saturated carbocycles. The van der Waals surface area contributed by atoms with Gasteiger partial charge in [0.15, 0.2) is 0 Å². The number of fused-ring (bicyclic) bond motifs is 1. The number of ether oxygens (including phenoxy) is 3. The Morgan fingerprint density at radius 2 is 1.87 bits per heavy atom. The predicted molar refractivity (Wildman–Crippen MR) is 148 cm³/mol. The van der Waals surface area contributed by atoms with E-state index in [0.717, 1.165) is 27.9 Å². The maximum atomic E-state index is 12.9. The SMILES string of the molecule is COc1cc(-c2cn(C)c(=O)c3cc(NC(=O)C4CN(C)CCO4)sc23)cc(OC)c1CN(C)C.O=CO. The molecule has 0 radical (unpaired) electrons. The maximum absolute atomic E-state index is 12.9. The lowest BCUT2D eigenvalue weighted by Gasteiger charge is -2.28. The molecule has 206 valence electrons. The van der Waals surface area contributed by atoms with Crippen molar-refractivity contribution >= 4 is 38.8 Å². The van der Waals surface area contributed by atoms with Crippen LogP contribution in [0.1, 0.15) is 5.56 Å². The summed E-state index contributed by atoms with van der Waals surface area (Å²) in [7, 11) is 10.9. The molecule has 1 atom stereocenters. The minimum absolute atomic E-state index is 0.127. The van der Waals surface area contributed by atoms with Crippen LogP contribution < -0.4 is 20.3 Å². The Kier molecular flexibility index (Phi) is 9.86. The van der Waals surface area contributed by atoms with Gasteiger partial charge in [-0.15, -0.1) is 11.3 Å². The average molecular weight is 547 g/mol. The number of benzene rings is 1. The number of methoxy groups -OCH3 is 2. The fourth-order valence-electron chi connectivity index (χ4n) is 4.27. The molecule has 1 aromatic carbocycles. The maximum Gasteiger partial charge on any atom is 0.290 e. The summed E-state index contributed by atoms with van der Waals surface area (Å²) in [5.74, 6) is 1.20. The number of nitrogens with one attached hydrogen (secondary N) is 1. The van der Waals surface area contributed by atoms with Crippen LogP contribution in [0.2, 0.25) is 0 Å². The number of carboxylic acid groups (broad SMARTS) is 1. The third-order valence-electron chi connectivity index (χ3n) is 6.05. The second kappa shape index (κ2) is 12.9. The quantitative estimate of drug-likeness (QED) is 0.430. The summed E-state index contributed by atoms with van der Waals surface area (Å²) in [4.78, 5) is 38.2. The van der Waals surface area contributed by atoms with Crippen molar-refractivity contribution in [3.8, 4) is 22.6 Å². The number of likely N-dealkylation sites (N-methyl/N-ethyl adjacent to an activating group) is 1. The number of anilines is 1. The largest absolute Gasteiger partial charge is 0.496 e. The number of pyridine rings is 1. The Labute approximate surface area is 225 Å². The Balaban J connectivity index is 0.00000127. The first kappa shape index (κ1) is 29.1. The van der Waals surface area contributed by atoms with Crippen LogP contribution in [0.4, 0.5) is 5.00 Å². The first-order valence-electron chi connectivity index (χ1n) is 11.9. The second-order valence-electron chi connectivity index (χ2n) is 9.13. The van der Waals surface area contributed by atoms with Crippen LogP contribution in [0.5, 0.6) is 11.5 Å². The molecule has 2 aromatic heterocycles. The van der Waals surface area contributed by atoms with Crippen molar-refractivity contribution in [1.82, 2.24) is 14.4 Å². The van der Waals surface area contributed by atoms with Gasteiger partial charge in [0.25, 0.3) is 17.9 Å². The number of hydrogen-bond acceptors (Lipinski definition) is 9. The van der Waals surface area contributed by atoms with Crippen LogP contribution in [-0.2, 0) is 27.9 Å². The molecule has 3 aromatic rings. The van der Waals surface area contributed by atoms with Crippen molar-refractivity contribution in [3.63, 3.8) is 0 Å². The normalized spacial score (nSPS) is 15.6. The molecule has 4 rings (SSSR count). The molecule has 1 saturated heterocycles. The summed E-state index contributed by atoms with van der Waals surface area (Å²) in [6.07, 6.45) is 1.27. The predicted octanol–water partition coefficient (Wildman–Crippen LogP) is 2.32. The topological polar surface area (TPSA) is 123 Å². The first-order valence-corrected chi connectivity index (χ1v) is 12.7. The molecular formula is C26H34N4O7S. The van der Waals surface area contributed by atoms with Gasteiger partial charge in [0.05, 0.1) is 41.5 Å². The molecule has 2 N–H and O–H groups in total. The Morgan fingerprint density at radius 1 is 1.24 bits per heavy atom. The van der Waals surface area contributed by atoms with Gasteiger partial charge in [0.2, 0.25) is 0 Å². The van der Waals surface area contributed by atoms with Crippen molar-refractivity contribution in [3.05, 3.63) is 40.3 Å². The highest BCUT2D eigenvalue weighted by atomic mass is 32.1. The van der Waals surface area contributed by atoms with E-state index in [2.05, 4.69) is 10.2 Å². The number of thiophene rings is 1. The summed E-state index contributed by atoms with van der Waals surface area (Å²) < 4.78 is 19.4. The molecule has 1 aliphatic heterocycles. The minimum atomic E-state index is -0.543. The van der Waals surface area contributed by atoms with Gasteiger partial charge < -0.3 is 39.0 Å². The highest BCUT2D eigenvalue weighted by Crippen LogP contribution is 2.40. The second-order valence-corrected chi connectivity index (χ2v) is 10.2. The smallest absolute Gasteiger partial charge is 0.290 e. The van der Waals surface area contributed by atoms with E-state index < -0.39 is 6.10 Å². The fourth-order valence-corrected chi connectivity index (χ4v) is 5.35. The monoisotopic (exact) mass is 546 g/mol. The van der Waals surface area contributed by atoms with E-state index in [0.29, 0.717) is 41.6 Å². The standard InChI is InChI=1S/C25H32N4O5S.CH2O2/c1-27(2)12-18-19(32-5)9-15(10-20(18)33-6)17-13-29(4)25(31)16-11-22(35-23(16)17)26-24(30)21-14-28(3)7-8-34-21;2-1-3/h9-11,13,21H,7-8,12,14H2,1-6H3,(H,26,30);1H,(H,2,3). The zero-order chi connectivity index (χ0) is 28.0. The van der Waals surface area contributed by atoms with Crippen LogP contribution in [0, 0.1) is 0 Å². The summed E-state index contributed by atoms with van der Waals surface area (Å²) in [6.45, 7) is 2.25. The van der Waals surface area contributed by atoms with Gasteiger partial charge in [-0.1, -0.05) is 0 Å². The lowest BCUT2D eigenvalue weighted by atomic mass is 10.0. The minimum Gasteiger partial charge on any atom is -0.496 e. The lowest BCUT2D eigenvalue weighted by molar-refractivity contribution is -0.132. The van der Waals surface area contributed by atoms with E-state index in [1.54, 1.807) is 31.9 Å². The number of amides is 1. The molecular weight excluding hydrogens is 512 g/mol. The molecule has 3 heterocycles. The third kappa shape index (κ3) is 6.51. The van der Waals surface area contributed by atoms with Crippen molar-refractivity contribution in [2.24, 2.45) is 7.05 Å². The molecule has 1 unspecified atom stereocenters. The Bertz CT molecular complexity index is 1330.